The summed E-state index contributed by atoms with van der Waals surface area (Å²) in [7, 11) is 1.90. The van der Waals surface area contributed by atoms with Gasteiger partial charge in [-0.15, -0.1) is 0 Å². The summed E-state index contributed by atoms with van der Waals surface area (Å²) in [6.07, 6.45) is 2.84. The van der Waals surface area contributed by atoms with Gasteiger partial charge in [0.05, 0.1) is 25.4 Å². The highest BCUT2D eigenvalue weighted by Crippen LogP contribution is 2.22. The van der Waals surface area contributed by atoms with Crippen molar-refractivity contribution >= 4 is 5.91 Å². The number of likely N-dealkylation sites (tertiary alicyclic amines) is 1. The Morgan fingerprint density at radius 2 is 1.89 bits per heavy atom. The first-order chi connectivity index (χ1) is 8.72. The monoisotopic (exact) mass is 254 g/mol. The molecule has 5 heteroatoms. The third kappa shape index (κ3) is 3.22. The van der Waals surface area contributed by atoms with E-state index in [0.29, 0.717) is 18.1 Å². The van der Waals surface area contributed by atoms with Crippen molar-refractivity contribution in [2.45, 2.75) is 25.0 Å². The van der Waals surface area contributed by atoms with E-state index in [0.717, 1.165) is 52.2 Å². The molecular formula is C13H22N2O3. The molecule has 0 aromatic rings. The lowest BCUT2D eigenvalue weighted by atomic mass is 10.0. The zero-order valence-electron chi connectivity index (χ0n) is 11.0. The number of nitrogens with zero attached hydrogens (tertiary/aromatic N) is 2. The van der Waals surface area contributed by atoms with E-state index in [9.17, 15) is 4.79 Å². The van der Waals surface area contributed by atoms with Crippen LogP contribution < -0.4 is 0 Å². The lowest BCUT2D eigenvalue weighted by Crippen LogP contribution is -2.34. The molecule has 0 radical (unpaired) electrons. The first kappa shape index (κ1) is 12.4. The Kier molecular flexibility index (Phi) is 3.54. The smallest absolute Gasteiger partial charge is 0.225 e. The summed E-state index contributed by atoms with van der Waals surface area (Å²) in [5.74, 6) is 0.554. The van der Waals surface area contributed by atoms with Gasteiger partial charge >= 0.3 is 0 Å². The average Bonchev–Trinajstić information content (AvgIpc) is 3.24. The van der Waals surface area contributed by atoms with E-state index in [1.165, 1.54) is 0 Å². The third-order valence-corrected chi connectivity index (χ3v) is 4.06. The summed E-state index contributed by atoms with van der Waals surface area (Å²) < 4.78 is 10.6. The molecule has 18 heavy (non-hydrogen) atoms. The van der Waals surface area contributed by atoms with E-state index < -0.39 is 0 Å². The van der Waals surface area contributed by atoms with Crippen molar-refractivity contribution in [3.63, 3.8) is 0 Å². The maximum atomic E-state index is 11.8. The van der Waals surface area contributed by atoms with Gasteiger partial charge < -0.3 is 14.4 Å². The molecule has 0 aromatic carbocycles. The molecule has 3 rings (SSSR count). The second-order valence-corrected chi connectivity index (χ2v) is 5.70. The van der Waals surface area contributed by atoms with Crippen LogP contribution in [0.4, 0.5) is 0 Å². The van der Waals surface area contributed by atoms with Gasteiger partial charge in [0, 0.05) is 32.6 Å². The molecule has 0 saturated carbocycles. The van der Waals surface area contributed by atoms with E-state index in [1.54, 1.807) is 0 Å². The Bertz CT molecular complexity index is 301. The van der Waals surface area contributed by atoms with Crippen LogP contribution in [-0.4, -0.2) is 74.4 Å². The van der Waals surface area contributed by atoms with Crippen molar-refractivity contribution in [2.24, 2.45) is 5.92 Å². The van der Waals surface area contributed by atoms with Crippen LogP contribution in [0.1, 0.15) is 12.8 Å². The van der Waals surface area contributed by atoms with Gasteiger partial charge in [-0.2, -0.15) is 0 Å². The van der Waals surface area contributed by atoms with Crippen molar-refractivity contribution in [1.82, 2.24) is 9.80 Å². The Hall–Kier alpha value is -0.650. The standard InChI is InChI=1S/C13H22N2O3/c1-14-4-2-10(13(14)16)3-5-15(6-11-8-17-11)7-12-9-18-12/h10-12H,2-9H2,1H3. The van der Waals surface area contributed by atoms with Crippen molar-refractivity contribution in [3.05, 3.63) is 0 Å². The van der Waals surface area contributed by atoms with Gasteiger partial charge in [0.1, 0.15) is 0 Å². The minimum atomic E-state index is 0.234. The molecular weight excluding hydrogens is 232 g/mol. The number of ether oxygens (including phenoxy) is 2. The van der Waals surface area contributed by atoms with E-state index in [1.807, 2.05) is 11.9 Å². The van der Waals surface area contributed by atoms with Crippen LogP contribution in [0, 0.1) is 5.92 Å². The van der Waals surface area contributed by atoms with Crippen LogP contribution >= 0.6 is 0 Å². The molecule has 1 amide bonds. The van der Waals surface area contributed by atoms with Crippen LogP contribution in [0.5, 0.6) is 0 Å². The van der Waals surface area contributed by atoms with Crippen LogP contribution in [0.3, 0.4) is 0 Å². The Morgan fingerprint density at radius 3 is 2.33 bits per heavy atom. The van der Waals surface area contributed by atoms with Crippen molar-refractivity contribution in [2.75, 3.05) is 46.4 Å². The fraction of sp³-hybridized carbons (Fsp3) is 0.923. The molecule has 3 fully saturated rings. The molecule has 3 heterocycles. The average molecular weight is 254 g/mol. The first-order valence-electron chi connectivity index (χ1n) is 6.93. The first-order valence-corrected chi connectivity index (χ1v) is 6.93. The molecule has 0 aromatic heterocycles. The van der Waals surface area contributed by atoms with Gasteiger partial charge in [-0.3, -0.25) is 9.69 Å². The second kappa shape index (κ2) is 5.15. The highest BCUT2D eigenvalue weighted by atomic mass is 16.6. The Labute approximate surface area is 108 Å². The maximum absolute atomic E-state index is 11.8. The van der Waals surface area contributed by atoms with Crippen LogP contribution in [-0.2, 0) is 14.3 Å². The highest BCUT2D eigenvalue weighted by Gasteiger charge is 2.33. The van der Waals surface area contributed by atoms with E-state index >= 15 is 0 Å². The molecule has 3 saturated heterocycles. The molecule has 3 aliphatic heterocycles. The van der Waals surface area contributed by atoms with E-state index in [4.69, 9.17) is 9.47 Å². The number of amides is 1. The highest BCUT2D eigenvalue weighted by molar-refractivity contribution is 5.80. The van der Waals surface area contributed by atoms with Gasteiger partial charge in [-0.05, 0) is 19.4 Å². The number of hydrogen-bond donors (Lipinski definition) is 0. The number of carbonyl (C=O) groups is 1. The largest absolute Gasteiger partial charge is 0.372 e. The van der Waals surface area contributed by atoms with Crippen LogP contribution in [0.15, 0.2) is 0 Å². The topological polar surface area (TPSA) is 48.6 Å². The quantitative estimate of drug-likeness (QED) is 0.598. The third-order valence-electron chi connectivity index (χ3n) is 4.06. The van der Waals surface area contributed by atoms with Gasteiger partial charge in [0.15, 0.2) is 0 Å². The Balaban J connectivity index is 1.44. The fourth-order valence-corrected chi connectivity index (χ4v) is 2.68. The van der Waals surface area contributed by atoms with Crippen molar-refractivity contribution < 1.29 is 14.3 Å². The molecule has 5 nitrogen and oxygen atoms in total. The lowest BCUT2D eigenvalue weighted by molar-refractivity contribution is -0.130. The molecule has 0 N–H and O–H groups in total. The molecule has 0 aliphatic carbocycles. The number of hydrogen-bond acceptors (Lipinski definition) is 4. The molecule has 3 atom stereocenters. The molecule has 3 unspecified atom stereocenters. The van der Waals surface area contributed by atoms with Crippen LogP contribution in [0.25, 0.3) is 0 Å². The van der Waals surface area contributed by atoms with Gasteiger partial charge in [-0.1, -0.05) is 0 Å². The van der Waals surface area contributed by atoms with Gasteiger partial charge in [0.25, 0.3) is 0 Å². The summed E-state index contributed by atoms with van der Waals surface area (Å²) in [6, 6.07) is 0. The number of rotatable bonds is 7. The molecule has 0 bridgehead atoms. The predicted octanol–water partition coefficient (Wildman–Crippen LogP) is -0.0456. The summed E-state index contributed by atoms with van der Waals surface area (Å²) in [6.45, 7) is 5.69. The summed E-state index contributed by atoms with van der Waals surface area (Å²) in [5.41, 5.74) is 0. The zero-order chi connectivity index (χ0) is 12.5. The molecule has 0 spiro atoms. The fourth-order valence-electron chi connectivity index (χ4n) is 2.68. The summed E-state index contributed by atoms with van der Waals surface area (Å²) in [4.78, 5) is 16.1. The van der Waals surface area contributed by atoms with E-state index in [2.05, 4.69) is 4.90 Å². The summed E-state index contributed by atoms with van der Waals surface area (Å²) >= 11 is 0. The minimum Gasteiger partial charge on any atom is -0.372 e. The van der Waals surface area contributed by atoms with Gasteiger partial charge in [0.2, 0.25) is 5.91 Å². The molecule has 3 aliphatic rings. The predicted molar refractivity (Wildman–Crippen MR) is 66.3 cm³/mol. The van der Waals surface area contributed by atoms with Crippen molar-refractivity contribution in [3.8, 4) is 0 Å². The van der Waals surface area contributed by atoms with Crippen molar-refractivity contribution in [1.29, 1.82) is 0 Å². The summed E-state index contributed by atoms with van der Waals surface area (Å²) in [5, 5.41) is 0. The number of epoxide rings is 2. The minimum absolute atomic E-state index is 0.234. The van der Waals surface area contributed by atoms with Crippen LogP contribution in [0.2, 0.25) is 0 Å². The van der Waals surface area contributed by atoms with E-state index in [-0.39, 0.29) is 5.92 Å². The second-order valence-electron chi connectivity index (χ2n) is 5.70. The zero-order valence-corrected chi connectivity index (χ0v) is 11.0. The number of carbonyl (C=O) groups excluding carboxylic acids is 1. The lowest BCUT2D eigenvalue weighted by Gasteiger charge is -2.21. The Morgan fingerprint density at radius 1 is 1.28 bits per heavy atom. The normalized spacial score (nSPS) is 34.4. The maximum Gasteiger partial charge on any atom is 0.225 e. The molecule has 102 valence electrons. The SMILES string of the molecule is CN1CCC(CCN(CC2CO2)CC2CO2)C1=O. The van der Waals surface area contributed by atoms with Gasteiger partial charge in [-0.25, -0.2) is 0 Å².